The topological polar surface area (TPSA) is 64.7 Å². The second kappa shape index (κ2) is 9.08. The monoisotopic (exact) mass is 419 g/mol. The molecule has 1 aliphatic rings. The van der Waals surface area contributed by atoms with Gasteiger partial charge in [0, 0.05) is 49.1 Å². The molecule has 1 N–H and O–H groups in total. The molecule has 0 spiro atoms. The van der Waals surface area contributed by atoms with E-state index in [1.807, 2.05) is 31.2 Å². The molecule has 3 heterocycles. The smallest absolute Gasteiger partial charge is 0.224 e. The molecular weight excluding hydrogens is 386 g/mol. The molecule has 4 rings (SSSR count). The third kappa shape index (κ3) is 4.89. The summed E-state index contributed by atoms with van der Waals surface area (Å²) in [5.41, 5.74) is 6.31. The lowest BCUT2D eigenvalue weighted by Crippen LogP contribution is -2.13. The first-order valence-electron chi connectivity index (χ1n) is 11.4. The Bertz CT molecular complexity index is 1040. The summed E-state index contributed by atoms with van der Waals surface area (Å²) in [4.78, 5) is 17.3. The standard InChI is InChI=1S/C25H33N5O/c1-17(2)15-30-19(4)22(18(3)28-30)12-13-25(31)26-21-10-8-20(9-11-21)23-16-29-14-6-5-7-24(29)27-23/h8-11,16-17H,5-7,12-15H2,1-4H3,(H,26,31). The fourth-order valence-electron chi connectivity index (χ4n) is 4.36. The van der Waals surface area contributed by atoms with Gasteiger partial charge in [-0.15, -0.1) is 0 Å². The Morgan fingerprint density at radius 3 is 2.65 bits per heavy atom. The van der Waals surface area contributed by atoms with Gasteiger partial charge in [-0.3, -0.25) is 9.48 Å². The molecule has 0 bridgehead atoms. The summed E-state index contributed by atoms with van der Waals surface area (Å²) < 4.78 is 4.33. The van der Waals surface area contributed by atoms with Crippen molar-refractivity contribution in [2.45, 2.75) is 72.9 Å². The second-order valence-corrected chi connectivity index (χ2v) is 9.04. The van der Waals surface area contributed by atoms with Crippen LogP contribution in [0.4, 0.5) is 5.69 Å². The lowest BCUT2D eigenvalue weighted by molar-refractivity contribution is -0.116. The van der Waals surface area contributed by atoms with Gasteiger partial charge in [0.2, 0.25) is 5.91 Å². The Balaban J connectivity index is 1.35. The van der Waals surface area contributed by atoms with E-state index in [4.69, 9.17) is 4.98 Å². The predicted octanol–water partition coefficient (Wildman–Crippen LogP) is 4.93. The minimum Gasteiger partial charge on any atom is -0.334 e. The lowest BCUT2D eigenvalue weighted by atomic mass is 10.1. The molecule has 1 amide bonds. The fraction of sp³-hybridized carbons (Fsp3) is 0.480. The van der Waals surface area contributed by atoms with Crippen LogP contribution in [0, 0.1) is 19.8 Å². The summed E-state index contributed by atoms with van der Waals surface area (Å²) in [6.07, 6.45) is 6.81. The highest BCUT2D eigenvalue weighted by molar-refractivity contribution is 5.91. The molecule has 6 nitrogen and oxygen atoms in total. The average Bonchev–Trinajstić information content (AvgIpc) is 3.28. The molecule has 0 saturated heterocycles. The van der Waals surface area contributed by atoms with Crippen LogP contribution in [0.3, 0.4) is 0 Å². The van der Waals surface area contributed by atoms with Crippen molar-refractivity contribution in [3.05, 3.63) is 53.2 Å². The van der Waals surface area contributed by atoms with E-state index < -0.39 is 0 Å². The van der Waals surface area contributed by atoms with Gasteiger partial charge in [0.15, 0.2) is 0 Å². The van der Waals surface area contributed by atoms with Crippen molar-refractivity contribution >= 4 is 11.6 Å². The fourth-order valence-corrected chi connectivity index (χ4v) is 4.36. The van der Waals surface area contributed by atoms with Crippen LogP contribution in [0.2, 0.25) is 0 Å². The number of nitrogens with zero attached hydrogens (tertiary/aromatic N) is 4. The summed E-state index contributed by atoms with van der Waals surface area (Å²) in [5.74, 6) is 1.76. The largest absolute Gasteiger partial charge is 0.334 e. The number of nitrogens with one attached hydrogen (secondary N) is 1. The van der Waals surface area contributed by atoms with Gasteiger partial charge < -0.3 is 9.88 Å². The van der Waals surface area contributed by atoms with Crippen LogP contribution in [0.15, 0.2) is 30.5 Å². The van der Waals surface area contributed by atoms with Crippen molar-refractivity contribution in [3.63, 3.8) is 0 Å². The summed E-state index contributed by atoms with van der Waals surface area (Å²) in [5, 5.41) is 7.68. The van der Waals surface area contributed by atoms with Crippen LogP contribution in [0.25, 0.3) is 11.3 Å². The molecule has 0 radical (unpaired) electrons. The molecule has 2 aromatic heterocycles. The van der Waals surface area contributed by atoms with Crippen LogP contribution >= 0.6 is 0 Å². The molecule has 0 saturated carbocycles. The van der Waals surface area contributed by atoms with Gasteiger partial charge >= 0.3 is 0 Å². The average molecular weight is 420 g/mol. The third-order valence-corrected chi connectivity index (χ3v) is 6.04. The number of benzene rings is 1. The van der Waals surface area contributed by atoms with Gasteiger partial charge in [-0.2, -0.15) is 5.10 Å². The molecule has 0 atom stereocenters. The van der Waals surface area contributed by atoms with E-state index >= 15 is 0 Å². The SMILES string of the molecule is Cc1nn(CC(C)C)c(C)c1CCC(=O)Nc1ccc(-c2cn3c(n2)CCCC3)cc1. The van der Waals surface area contributed by atoms with E-state index in [1.54, 1.807) is 0 Å². The van der Waals surface area contributed by atoms with Crippen molar-refractivity contribution in [1.82, 2.24) is 19.3 Å². The minimum absolute atomic E-state index is 0.0283. The van der Waals surface area contributed by atoms with Gasteiger partial charge in [-0.25, -0.2) is 4.98 Å². The number of hydrogen-bond donors (Lipinski definition) is 1. The predicted molar refractivity (Wildman–Crippen MR) is 124 cm³/mol. The second-order valence-electron chi connectivity index (χ2n) is 9.04. The van der Waals surface area contributed by atoms with Crippen molar-refractivity contribution < 1.29 is 4.79 Å². The van der Waals surface area contributed by atoms with Gasteiger partial charge in [-0.1, -0.05) is 26.0 Å². The van der Waals surface area contributed by atoms with E-state index in [9.17, 15) is 4.79 Å². The van der Waals surface area contributed by atoms with E-state index in [-0.39, 0.29) is 5.91 Å². The number of aryl methyl sites for hydroxylation is 3. The summed E-state index contributed by atoms with van der Waals surface area (Å²) in [6, 6.07) is 7.99. The van der Waals surface area contributed by atoms with E-state index in [2.05, 4.69) is 46.6 Å². The van der Waals surface area contributed by atoms with Gasteiger partial charge in [0.25, 0.3) is 0 Å². The number of carbonyl (C=O) groups is 1. The summed E-state index contributed by atoms with van der Waals surface area (Å²) >= 11 is 0. The number of amides is 1. The van der Waals surface area contributed by atoms with E-state index in [0.29, 0.717) is 18.8 Å². The van der Waals surface area contributed by atoms with Crippen molar-refractivity contribution in [1.29, 1.82) is 0 Å². The molecule has 31 heavy (non-hydrogen) atoms. The lowest BCUT2D eigenvalue weighted by Gasteiger charge is -2.11. The molecule has 3 aromatic rings. The molecule has 6 heteroatoms. The molecule has 0 unspecified atom stereocenters. The highest BCUT2D eigenvalue weighted by Crippen LogP contribution is 2.24. The Hall–Kier alpha value is -2.89. The number of anilines is 1. The first-order valence-corrected chi connectivity index (χ1v) is 11.4. The van der Waals surface area contributed by atoms with Crippen molar-refractivity contribution in [3.8, 4) is 11.3 Å². The molecule has 0 fully saturated rings. The highest BCUT2D eigenvalue weighted by Gasteiger charge is 2.15. The molecule has 1 aliphatic heterocycles. The van der Waals surface area contributed by atoms with E-state index in [1.165, 1.54) is 29.9 Å². The number of fused-ring (bicyclic) bond motifs is 1. The molecule has 164 valence electrons. The van der Waals surface area contributed by atoms with Crippen LogP contribution in [0.5, 0.6) is 0 Å². The maximum atomic E-state index is 12.5. The Labute approximate surface area is 184 Å². The molecule has 1 aromatic carbocycles. The van der Waals surface area contributed by atoms with Crippen LogP contribution in [-0.2, 0) is 30.7 Å². The van der Waals surface area contributed by atoms with Crippen LogP contribution in [0.1, 0.15) is 55.9 Å². The Kier molecular flexibility index (Phi) is 6.25. The van der Waals surface area contributed by atoms with Crippen LogP contribution in [-0.4, -0.2) is 25.2 Å². The number of hydrogen-bond acceptors (Lipinski definition) is 3. The Morgan fingerprint density at radius 1 is 1.16 bits per heavy atom. The maximum absolute atomic E-state index is 12.5. The Morgan fingerprint density at radius 2 is 1.94 bits per heavy atom. The summed E-state index contributed by atoms with van der Waals surface area (Å²) in [6.45, 7) is 10.5. The highest BCUT2D eigenvalue weighted by atomic mass is 16.1. The number of carbonyl (C=O) groups excluding carboxylic acids is 1. The van der Waals surface area contributed by atoms with Crippen molar-refractivity contribution in [2.75, 3.05) is 5.32 Å². The van der Waals surface area contributed by atoms with Crippen molar-refractivity contribution in [2.24, 2.45) is 5.92 Å². The number of rotatable bonds is 7. The minimum atomic E-state index is 0.0283. The summed E-state index contributed by atoms with van der Waals surface area (Å²) in [7, 11) is 0. The third-order valence-electron chi connectivity index (χ3n) is 6.04. The van der Waals surface area contributed by atoms with Crippen LogP contribution < -0.4 is 5.32 Å². The van der Waals surface area contributed by atoms with E-state index in [0.717, 1.165) is 42.1 Å². The van der Waals surface area contributed by atoms with Gasteiger partial charge in [0.05, 0.1) is 11.4 Å². The first kappa shape index (κ1) is 21.3. The molecular formula is C25H33N5O. The molecule has 0 aliphatic carbocycles. The zero-order valence-corrected chi connectivity index (χ0v) is 19.1. The quantitative estimate of drug-likeness (QED) is 0.591. The van der Waals surface area contributed by atoms with Gasteiger partial charge in [-0.05, 0) is 56.7 Å². The zero-order chi connectivity index (χ0) is 22.0. The normalized spacial score (nSPS) is 13.5. The first-order chi connectivity index (χ1) is 14.9. The maximum Gasteiger partial charge on any atom is 0.224 e. The van der Waals surface area contributed by atoms with Gasteiger partial charge in [0.1, 0.15) is 5.82 Å². The number of aromatic nitrogens is 4. The zero-order valence-electron chi connectivity index (χ0n) is 19.1. The number of imidazole rings is 1.